The van der Waals surface area contributed by atoms with Gasteiger partial charge in [0.15, 0.2) is 12.2 Å². The van der Waals surface area contributed by atoms with Crippen LogP contribution in [0, 0.1) is 17.8 Å². The minimum Gasteiger partial charge on any atom is -0.462 e. The third-order valence-corrected chi connectivity index (χ3v) is 22.3. The maximum atomic E-state index is 13.1. The molecule has 0 aromatic rings. The van der Waals surface area contributed by atoms with Gasteiger partial charge in [0.25, 0.3) is 0 Å². The van der Waals surface area contributed by atoms with Crippen molar-refractivity contribution in [2.24, 2.45) is 17.8 Å². The summed E-state index contributed by atoms with van der Waals surface area (Å²) < 4.78 is 68.9. The predicted molar refractivity (Wildman–Crippen MR) is 423 cm³/mol. The zero-order chi connectivity index (χ0) is 75.8. The third-order valence-electron chi connectivity index (χ3n) is 20.4. The normalized spacial score (nSPS) is 14.4. The number of carbonyl (C=O) groups is 4. The number of rotatable bonds is 82. The first-order chi connectivity index (χ1) is 49.8. The van der Waals surface area contributed by atoms with Gasteiger partial charge in [-0.1, -0.05) is 389 Å². The number of unbranched alkanes of at least 4 members (excludes halogenated alkanes) is 48. The molecule has 0 amide bonds. The molecule has 17 nitrogen and oxygen atoms in total. The van der Waals surface area contributed by atoms with Crippen molar-refractivity contribution in [3.05, 3.63) is 0 Å². The molecule has 0 spiro atoms. The molecule has 103 heavy (non-hydrogen) atoms. The average Bonchev–Trinajstić information content (AvgIpc) is 0.929. The second kappa shape index (κ2) is 74.2. The Balaban J connectivity index is 5.26. The van der Waals surface area contributed by atoms with E-state index >= 15 is 0 Å². The summed E-state index contributed by atoms with van der Waals surface area (Å²) in [4.78, 5) is 73.2. The van der Waals surface area contributed by atoms with Crippen LogP contribution in [0.15, 0.2) is 0 Å². The molecule has 0 aliphatic carbocycles. The molecule has 7 atom stereocenters. The Morgan fingerprint density at radius 3 is 0.738 bits per heavy atom. The van der Waals surface area contributed by atoms with Gasteiger partial charge in [0.05, 0.1) is 26.4 Å². The molecular weight excluding hydrogens is 1340 g/mol. The first kappa shape index (κ1) is 101. The molecule has 0 aliphatic heterocycles. The lowest BCUT2D eigenvalue weighted by molar-refractivity contribution is -0.161. The fourth-order valence-electron chi connectivity index (χ4n) is 13.0. The molecule has 0 rings (SSSR count). The molecule has 0 bridgehead atoms. The minimum absolute atomic E-state index is 0.106. The Kier molecular flexibility index (Phi) is 72.8. The number of phosphoric ester groups is 2. The molecule has 0 aromatic heterocycles. The highest BCUT2D eigenvalue weighted by molar-refractivity contribution is 7.47. The standard InChI is InChI=1S/C84H164O17P2/c1-8-11-12-13-14-15-16-17-18-19-20-21-22-27-30-38-46-53-60-67-83(88)100-79(71-94-81(86)65-58-51-44-37-29-26-24-23-25-28-35-42-49-56-63-76(6)9-2)73-98-102(90,91)96-69-78(85)70-97-103(92,93)99-74-80(72-95-82(87)66-59-52-45-40-33-34-41-48-55-62-75(4)5)101-84(89)68-61-54-47-39-32-31-36-43-50-57-64-77(7)10-3/h75-80,85H,8-74H2,1-7H3,(H,90,91)(H,92,93)/t76?,77?,78-,79-,80-/m1/s1. The first-order valence-electron chi connectivity index (χ1n) is 43.4. The zero-order valence-corrected chi connectivity index (χ0v) is 69.6. The van der Waals surface area contributed by atoms with Crippen molar-refractivity contribution in [2.45, 2.75) is 458 Å². The second-order valence-corrected chi connectivity index (χ2v) is 34.1. The van der Waals surface area contributed by atoms with Gasteiger partial charge in [0.2, 0.25) is 0 Å². The van der Waals surface area contributed by atoms with E-state index in [0.29, 0.717) is 25.7 Å². The van der Waals surface area contributed by atoms with Crippen molar-refractivity contribution in [3.63, 3.8) is 0 Å². The van der Waals surface area contributed by atoms with Gasteiger partial charge in [-0.05, 0) is 43.4 Å². The molecular formula is C84H164O17P2. The Morgan fingerprint density at radius 2 is 0.495 bits per heavy atom. The summed E-state index contributed by atoms with van der Waals surface area (Å²) in [6.45, 7) is 12.0. The number of carbonyl (C=O) groups excluding carboxylic acids is 4. The molecule has 0 fully saturated rings. The number of esters is 4. The van der Waals surface area contributed by atoms with E-state index in [1.807, 2.05) is 0 Å². The van der Waals surface area contributed by atoms with Crippen LogP contribution in [0.25, 0.3) is 0 Å². The molecule has 0 saturated carbocycles. The van der Waals surface area contributed by atoms with Crippen LogP contribution in [0.1, 0.15) is 440 Å². The van der Waals surface area contributed by atoms with E-state index in [0.717, 1.165) is 108 Å². The number of aliphatic hydroxyl groups excluding tert-OH is 1. The highest BCUT2D eigenvalue weighted by atomic mass is 31.2. The Bertz CT molecular complexity index is 2000. The maximum absolute atomic E-state index is 13.1. The van der Waals surface area contributed by atoms with Crippen LogP contribution in [0.2, 0.25) is 0 Å². The summed E-state index contributed by atoms with van der Waals surface area (Å²) in [5.41, 5.74) is 0. The van der Waals surface area contributed by atoms with Crippen LogP contribution in [-0.2, 0) is 65.4 Å². The van der Waals surface area contributed by atoms with E-state index in [1.165, 1.54) is 250 Å². The van der Waals surface area contributed by atoms with E-state index in [2.05, 4.69) is 48.5 Å². The molecule has 3 N–H and O–H groups in total. The van der Waals surface area contributed by atoms with Gasteiger partial charge in [-0.2, -0.15) is 0 Å². The molecule has 0 aliphatic rings. The van der Waals surface area contributed by atoms with Crippen LogP contribution < -0.4 is 0 Å². The lowest BCUT2D eigenvalue weighted by atomic mass is 9.99. The van der Waals surface area contributed by atoms with Gasteiger partial charge in [-0.3, -0.25) is 37.3 Å². The summed E-state index contributed by atoms with van der Waals surface area (Å²) in [7, 11) is -9.93. The molecule has 0 saturated heterocycles. The fourth-order valence-corrected chi connectivity index (χ4v) is 14.5. The Hall–Kier alpha value is -1.94. The van der Waals surface area contributed by atoms with Crippen LogP contribution in [0.3, 0.4) is 0 Å². The summed E-state index contributed by atoms with van der Waals surface area (Å²) in [5.74, 6) is 0.290. The SMILES string of the molecule is CCCCCCCCCCCCCCCCCCCCCC(=O)O[C@H](COC(=O)CCCCCCCCCCCCCCCCC(C)CC)COP(=O)(O)OC[C@@H](O)COP(=O)(O)OC[C@@H](COC(=O)CCCCCCCCCCCC(C)C)OC(=O)CCCCCCCCCCCCC(C)CC. The summed E-state index contributed by atoms with van der Waals surface area (Å²) in [6.07, 6.45) is 63.7. The lowest BCUT2D eigenvalue weighted by Crippen LogP contribution is -2.30. The second-order valence-electron chi connectivity index (χ2n) is 31.2. The molecule has 19 heteroatoms. The lowest BCUT2D eigenvalue weighted by Gasteiger charge is -2.21. The van der Waals surface area contributed by atoms with Crippen molar-refractivity contribution in [1.29, 1.82) is 0 Å². The van der Waals surface area contributed by atoms with E-state index < -0.39 is 97.5 Å². The van der Waals surface area contributed by atoms with Crippen molar-refractivity contribution in [3.8, 4) is 0 Å². The number of phosphoric acid groups is 2. The van der Waals surface area contributed by atoms with Gasteiger partial charge in [-0.15, -0.1) is 0 Å². The molecule has 0 radical (unpaired) electrons. The average molecular weight is 1510 g/mol. The van der Waals surface area contributed by atoms with Crippen molar-refractivity contribution in [2.75, 3.05) is 39.6 Å². The molecule has 0 aromatic carbocycles. The quantitative estimate of drug-likeness (QED) is 0.0222. The van der Waals surface area contributed by atoms with Gasteiger partial charge in [-0.25, -0.2) is 9.13 Å². The van der Waals surface area contributed by atoms with Gasteiger partial charge < -0.3 is 33.8 Å². The van der Waals surface area contributed by atoms with Crippen LogP contribution >= 0.6 is 15.6 Å². The molecule has 4 unspecified atom stereocenters. The monoisotopic (exact) mass is 1510 g/mol. The van der Waals surface area contributed by atoms with Crippen molar-refractivity contribution in [1.82, 2.24) is 0 Å². The maximum Gasteiger partial charge on any atom is 0.472 e. The minimum atomic E-state index is -4.97. The van der Waals surface area contributed by atoms with Crippen molar-refractivity contribution >= 4 is 39.5 Å². The molecule has 0 heterocycles. The number of hydrogen-bond acceptors (Lipinski definition) is 15. The highest BCUT2D eigenvalue weighted by Crippen LogP contribution is 2.45. The van der Waals surface area contributed by atoms with Crippen LogP contribution in [0.5, 0.6) is 0 Å². The Morgan fingerprint density at radius 1 is 0.282 bits per heavy atom. The van der Waals surface area contributed by atoms with E-state index in [4.69, 9.17) is 37.0 Å². The molecule has 612 valence electrons. The smallest absolute Gasteiger partial charge is 0.462 e. The number of hydrogen-bond donors (Lipinski definition) is 3. The Labute approximate surface area is 632 Å². The van der Waals surface area contributed by atoms with Crippen molar-refractivity contribution < 1.29 is 80.2 Å². The third kappa shape index (κ3) is 75.3. The van der Waals surface area contributed by atoms with Gasteiger partial charge in [0, 0.05) is 25.7 Å². The summed E-state index contributed by atoms with van der Waals surface area (Å²) in [5, 5.41) is 10.7. The summed E-state index contributed by atoms with van der Waals surface area (Å²) in [6, 6.07) is 0. The highest BCUT2D eigenvalue weighted by Gasteiger charge is 2.30. The predicted octanol–water partition coefficient (Wildman–Crippen LogP) is 25.3. The van der Waals surface area contributed by atoms with Crippen LogP contribution in [-0.4, -0.2) is 96.7 Å². The largest absolute Gasteiger partial charge is 0.472 e. The first-order valence-corrected chi connectivity index (χ1v) is 46.4. The number of aliphatic hydroxyl groups is 1. The topological polar surface area (TPSA) is 237 Å². The fraction of sp³-hybridized carbons (Fsp3) is 0.952. The number of ether oxygens (including phenoxy) is 4. The van der Waals surface area contributed by atoms with Gasteiger partial charge in [0.1, 0.15) is 19.3 Å². The summed E-state index contributed by atoms with van der Waals surface area (Å²) >= 11 is 0. The van der Waals surface area contributed by atoms with E-state index in [1.54, 1.807) is 0 Å². The van der Waals surface area contributed by atoms with E-state index in [-0.39, 0.29) is 25.7 Å². The van der Waals surface area contributed by atoms with Crippen LogP contribution in [0.4, 0.5) is 0 Å². The zero-order valence-electron chi connectivity index (χ0n) is 67.8. The van der Waals surface area contributed by atoms with E-state index in [9.17, 15) is 43.2 Å². The van der Waals surface area contributed by atoms with Gasteiger partial charge >= 0.3 is 39.5 Å².